The second kappa shape index (κ2) is 103. The first kappa shape index (κ1) is 104. The van der Waals surface area contributed by atoms with E-state index >= 15 is 0 Å². The van der Waals surface area contributed by atoms with Gasteiger partial charge >= 0.3 is 21.7 Å². The van der Waals surface area contributed by atoms with Gasteiger partial charge in [0.2, 0.25) is 0 Å². The van der Waals surface area contributed by atoms with Crippen molar-refractivity contribution in [3.8, 4) is 0 Å². The van der Waals surface area contributed by atoms with Gasteiger partial charge in [0, 0.05) is 0 Å². The Labute approximate surface area is 610 Å². The zero-order valence-corrected chi connectivity index (χ0v) is 68.7. The van der Waals surface area contributed by atoms with Crippen molar-refractivity contribution in [3.05, 3.63) is 19.6 Å². The molecule has 0 amide bonds. The predicted molar refractivity (Wildman–Crippen MR) is 411 cm³/mol. The monoisotopic (exact) mass is 1430 g/mol. The van der Waals surface area contributed by atoms with Crippen LogP contribution in [-0.2, 0) is 48.9 Å². The first-order chi connectivity index (χ1) is 45.8. The fourth-order valence-corrected chi connectivity index (χ4v) is 13.4. The van der Waals surface area contributed by atoms with Crippen LogP contribution in [0.25, 0.3) is 0 Å². The molecule has 0 rings (SSSR count). The van der Waals surface area contributed by atoms with Crippen LogP contribution in [0.15, 0.2) is 12.7 Å². The normalized spacial score (nSPS) is 11.2. The zero-order chi connectivity index (χ0) is 68.6. The van der Waals surface area contributed by atoms with E-state index in [4.69, 9.17) is 27.1 Å². The molecule has 9 nitrogen and oxygen atoms in total. The third-order valence-electron chi connectivity index (χ3n) is 17.7. The van der Waals surface area contributed by atoms with Gasteiger partial charge in [-0.25, -0.2) is 19.6 Å². The summed E-state index contributed by atoms with van der Waals surface area (Å²) in [6, 6.07) is 0. The van der Waals surface area contributed by atoms with Gasteiger partial charge < -0.3 is 41.8 Å². The second-order valence-corrected chi connectivity index (χ2v) is 30.1. The molecule has 0 aromatic carbocycles. The SMILES string of the molecule is C=C[CH2-].CCCCCCCCCCCCCOP([O-])OCCCCCCCCCCCCC.CCCCCCCCCCCCCOP([O-])OCCCCCCCCCCCCC.CCCCCCCCCCCCCOP([O-])OCCCCCCCCCCCCC.[Ti+4]. The summed E-state index contributed by atoms with van der Waals surface area (Å²) >= 11 is 0. The molecule has 0 N–H and O–H groups in total. The van der Waals surface area contributed by atoms with Crippen molar-refractivity contribution in [2.24, 2.45) is 0 Å². The summed E-state index contributed by atoms with van der Waals surface area (Å²) < 4.78 is 31.9. The molecule has 0 aliphatic heterocycles. The zero-order valence-electron chi connectivity index (χ0n) is 64.4. The molecule has 0 aliphatic carbocycles. The Bertz CT molecular complexity index is 1010. The molecular weight excluding hydrogens is 1260 g/mol. The van der Waals surface area contributed by atoms with Crippen molar-refractivity contribution >= 4 is 25.8 Å². The van der Waals surface area contributed by atoms with E-state index in [-0.39, 0.29) is 21.7 Å². The minimum atomic E-state index is -1.91. The van der Waals surface area contributed by atoms with Crippen molar-refractivity contribution in [2.75, 3.05) is 39.6 Å². The maximum Gasteiger partial charge on any atom is 4.00 e. The van der Waals surface area contributed by atoms with Gasteiger partial charge in [0.15, 0.2) is 0 Å². The van der Waals surface area contributed by atoms with E-state index < -0.39 is 25.8 Å². The van der Waals surface area contributed by atoms with Crippen molar-refractivity contribution in [1.29, 1.82) is 0 Å². The van der Waals surface area contributed by atoms with Crippen LogP contribution < -0.4 is 14.7 Å². The molecule has 564 valence electrons. The molecule has 0 aliphatic rings. The average molecular weight is 1430 g/mol. The summed E-state index contributed by atoms with van der Waals surface area (Å²) in [5.41, 5.74) is 0. The molecule has 0 aromatic heterocycles. The van der Waals surface area contributed by atoms with Crippen LogP contribution in [0.2, 0.25) is 0 Å². The van der Waals surface area contributed by atoms with E-state index in [0.29, 0.717) is 39.6 Å². The minimum absolute atomic E-state index is 0. The maximum atomic E-state index is 11.7. The van der Waals surface area contributed by atoms with Crippen LogP contribution in [0.1, 0.15) is 465 Å². The molecule has 0 heterocycles. The summed E-state index contributed by atoms with van der Waals surface area (Å²) in [5, 5.41) is 0. The van der Waals surface area contributed by atoms with Crippen LogP contribution in [0.4, 0.5) is 0 Å². The smallest absolute Gasteiger partial charge is 0.786 e. The van der Waals surface area contributed by atoms with Crippen molar-refractivity contribution in [2.45, 2.75) is 465 Å². The van der Waals surface area contributed by atoms with Crippen LogP contribution in [-0.4, -0.2) is 39.6 Å². The maximum absolute atomic E-state index is 11.7. The third kappa shape index (κ3) is 109. The molecule has 0 spiro atoms. The Hall–Kier alpha value is 1.25. The van der Waals surface area contributed by atoms with Gasteiger partial charge in [-0.2, -0.15) is 0 Å². The van der Waals surface area contributed by atoms with E-state index in [1.165, 1.54) is 391 Å². The molecule has 0 aromatic rings. The Kier molecular flexibility index (Phi) is 114. The first-order valence-electron chi connectivity index (χ1n) is 41.4. The minimum Gasteiger partial charge on any atom is -0.786 e. The fourth-order valence-electron chi connectivity index (χ4n) is 11.5. The standard InChI is InChI=1S/3C26H54O3P.C3H5.Ti/c3*1-3-5-7-9-11-13-15-17-19-21-23-25-28-30(27)29-26-24-22-20-18-16-14-12-10-8-6-4-2;1-3-2;/h3*3-26H2,1-2H3;3H,1-2H2;/q4*-1;+4. The van der Waals surface area contributed by atoms with Crippen molar-refractivity contribution in [3.63, 3.8) is 0 Å². The summed E-state index contributed by atoms with van der Waals surface area (Å²) in [7, 11) is -5.72. The van der Waals surface area contributed by atoms with E-state index in [1.54, 1.807) is 0 Å². The van der Waals surface area contributed by atoms with E-state index in [0.717, 1.165) is 38.5 Å². The van der Waals surface area contributed by atoms with Gasteiger partial charge in [-0.1, -0.05) is 427 Å². The quantitative estimate of drug-likeness (QED) is 0.0253. The first-order valence-corrected chi connectivity index (χ1v) is 44.7. The largest absolute Gasteiger partial charge is 4.00 e. The Morgan fingerprint density at radius 3 is 0.362 bits per heavy atom. The molecule has 0 radical (unpaired) electrons. The van der Waals surface area contributed by atoms with Crippen LogP contribution in [0.3, 0.4) is 0 Å². The number of hydrogen-bond acceptors (Lipinski definition) is 9. The van der Waals surface area contributed by atoms with E-state index in [9.17, 15) is 14.7 Å². The van der Waals surface area contributed by atoms with E-state index in [1.807, 2.05) is 0 Å². The van der Waals surface area contributed by atoms with E-state index in [2.05, 4.69) is 55.0 Å². The molecule has 0 saturated carbocycles. The van der Waals surface area contributed by atoms with Gasteiger partial charge in [0.1, 0.15) is 0 Å². The van der Waals surface area contributed by atoms with Crippen molar-refractivity contribution in [1.82, 2.24) is 0 Å². The van der Waals surface area contributed by atoms with Gasteiger partial charge in [-0.15, -0.1) is 0 Å². The van der Waals surface area contributed by atoms with Gasteiger partial charge in [-0.3, -0.25) is 0 Å². The van der Waals surface area contributed by atoms with Gasteiger partial charge in [0.25, 0.3) is 0 Å². The summed E-state index contributed by atoms with van der Waals surface area (Å²) in [5.74, 6) is 0. The molecule has 0 atom stereocenters. The molecular formula is C81H167O9P3Ti. The molecule has 13 heteroatoms. The number of unbranched alkanes of at least 4 members (excludes halogenated alkanes) is 60. The topological polar surface area (TPSA) is 125 Å². The second-order valence-electron chi connectivity index (χ2n) is 27.2. The Morgan fingerprint density at radius 1 is 0.202 bits per heavy atom. The van der Waals surface area contributed by atoms with Gasteiger partial charge in [-0.05, 0) is 38.5 Å². The Balaban J connectivity index is -0.000000410. The predicted octanol–water partition coefficient (Wildman–Crippen LogP) is 28.7. The Morgan fingerprint density at radius 2 is 0.277 bits per heavy atom. The number of allylic oxidation sites excluding steroid dienone is 1. The summed E-state index contributed by atoms with van der Waals surface area (Å²) in [6.45, 7) is 23.6. The van der Waals surface area contributed by atoms with Crippen LogP contribution >= 0.6 is 25.8 Å². The van der Waals surface area contributed by atoms with Crippen LogP contribution in [0.5, 0.6) is 0 Å². The van der Waals surface area contributed by atoms with Gasteiger partial charge in [0.05, 0.1) is 65.4 Å². The fraction of sp³-hybridized carbons (Fsp3) is 0.963. The molecule has 0 bridgehead atoms. The number of rotatable bonds is 78. The summed E-state index contributed by atoms with van der Waals surface area (Å²) in [6.07, 6.45) is 88.4. The summed E-state index contributed by atoms with van der Waals surface area (Å²) in [4.78, 5) is 35.1. The molecule has 0 saturated heterocycles. The molecule has 0 unspecified atom stereocenters. The molecule has 0 fully saturated rings. The molecule has 94 heavy (non-hydrogen) atoms. The number of hydrogen-bond donors (Lipinski definition) is 0. The van der Waals surface area contributed by atoms with Crippen LogP contribution in [0, 0.1) is 6.92 Å². The van der Waals surface area contributed by atoms with Crippen molar-refractivity contribution < 1.29 is 63.5 Å². The third-order valence-corrected chi connectivity index (χ3v) is 20.0. The average Bonchev–Trinajstić information content (AvgIpc) is 3.71.